The summed E-state index contributed by atoms with van der Waals surface area (Å²) in [5.41, 5.74) is 1.72. The maximum Gasteiger partial charge on any atom is 0.356 e. The topological polar surface area (TPSA) is 110 Å². The van der Waals surface area contributed by atoms with Crippen LogP contribution in [0.15, 0.2) is 61.2 Å². The molecule has 3 N–H and O–H groups in total. The van der Waals surface area contributed by atoms with Crippen LogP contribution in [0.2, 0.25) is 0 Å². The Bertz CT molecular complexity index is 1340. The molecule has 0 aliphatic heterocycles. The number of rotatable bonds is 7. The van der Waals surface area contributed by atoms with Gasteiger partial charge in [0.25, 0.3) is 0 Å². The second-order valence-electron chi connectivity index (χ2n) is 9.10. The zero-order chi connectivity index (χ0) is 25.0. The Hall–Kier alpha value is -4.27. The van der Waals surface area contributed by atoms with Crippen molar-refractivity contribution in [2.45, 2.75) is 32.7 Å². The first-order chi connectivity index (χ1) is 16.8. The summed E-state index contributed by atoms with van der Waals surface area (Å²) >= 11 is 0. The molecule has 0 aliphatic carbocycles. The first-order valence-corrected chi connectivity index (χ1v) is 11.3. The number of H-pyrrole nitrogens is 1. The number of fused-ring (bicyclic) bond motifs is 1. The zero-order valence-corrected chi connectivity index (χ0v) is 20.2. The summed E-state index contributed by atoms with van der Waals surface area (Å²) in [6.07, 6.45) is 5.35. The third-order valence-electron chi connectivity index (χ3n) is 5.56. The number of carbonyl (C=O) groups is 2. The molecule has 0 saturated heterocycles. The third kappa shape index (κ3) is 5.46. The largest absolute Gasteiger partial charge is 0.491 e. The molecule has 2 amide bonds. The summed E-state index contributed by atoms with van der Waals surface area (Å²) in [6.45, 7) is 7.18. The first-order valence-electron chi connectivity index (χ1n) is 11.3. The zero-order valence-electron chi connectivity index (χ0n) is 20.2. The van der Waals surface area contributed by atoms with Crippen molar-refractivity contribution in [1.29, 1.82) is 0 Å². The van der Waals surface area contributed by atoms with Crippen LogP contribution in [0.4, 0.5) is 16.2 Å². The first kappa shape index (κ1) is 23.9. The summed E-state index contributed by atoms with van der Waals surface area (Å²) in [4.78, 5) is 32.3. The van der Waals surface area contributed by atoms with Crippen molar-refractivity contribution in [3.8, 4) is 5.75 Å². The van der Waals surface area contributed by atoms with Crippen molar-refractivity contribution >= 4 is 34.1 Å². The SMILES string of the molecule is COC(=O)c1[nH]c(C(C)(C)C)cc1NC(=O)Nc1ccc(OCCn2ccnc2)c2ccccc12. The second-order valence-corrected chi connectivity index (χ2v) is 9.10. The highest BCUT2D eigenvalue weighted by Gasteiger charge is 2.24. The molecule has 182 valence electrons. The molecule has 9 nitrogen and oxygen atoms in total. The summed E-state index contributed by atoms with van der Waals surface area (Å²) in [7, 11) is 1.30. The fourth-order valence-corrected chi connectivity index (χ4v) is 3.68. The molecule has 0 atom stereocenters. The number of ether oxygens (including phenoxy) is 2. The van der Waals surface area contributed by atoms with E-state index < -0.39 is 12.0 Å². The number of nitrogens with one attached hydrogen (secondary N) is 3. The highest BCUT2D eigenvalue weighted by molar-refractivity contribution is 6.09. The number of urea groups is 1. The fraction of sp³-hybridized carbons (Fsp3) is 0.269. The number of carbonyl (C=O) groups excluding carboxylic acids is 2. The number of methoxy groups -OCH3 is 1. The average Bonchev–Trinajstić information content (AvgIpc) is 3.50. The molecule has 0 unspecified atom stereocenters. The quantitative estimate of drug-likeness (QED) is 0.319. The van der Waals surface area contributed by atoms with E-state index in [-0.39, 0.29) is 11.1 Å². The molecule has 0 radical (unpaired) electrons. The number of nitrogens with zero attached hydrogens (tertiary/aromatic N) is 2. The summed E-state index contributed by atoms with van der Waals surface area (Å²) in [5, 5.41) is 7.37. The van der Waals surface area contributed by atoms with E-state index in [0.717, 1.165) is 22.2 Å². The molecular weight excluding hydrogens is 446 g/mol. The number of aromatic nitrogens is 3. The summed E-state index contributed by atoms with van der Waals surface area (Å²) in [5.74, 6) is 0.165. The molecule has 0 bridgehead atoms. The summed E-state index contributed by atoms with van der Waals surface area (Å²) < 4.78 is 12.8. The summed E-state index contributed by atoms with van der Waals surface area (Å²) in [6, 6.07) is 12.6. The molecule has 0 spiro atoms. The van der Waals surface area contributed by atoms with Gasteiger partial charge in [-0.25, -0.2) is 14.6 Å². The van der Waals surface area contributed by atoms with E-state index >= 15 is 0 Å². The minimum absolute atomic E-state index is 0.194. The Labute approximate surface area is 203 Å². The van der Waals surface area contributed by atoms with Gasteiger partial charge in [-0.1, -0.05) is 45.0 Å². The van der Waals surface area contributed by atoms with E-state index in [1.165, 1.54) is 7.11 Å². The van der Waals surface area contributed by atoms with Gasteiger partial charge >= 0.3 is 12.0 Å². The van der Waals surface area contributed by atoms with Crippen LogP contribution in [0, 0.1) is 0 Å². The normalized spacial score (nSPS) is 11.3. The van der Waals surface area contributed by atoms with Gasteiger partial charge in [0, 0.05) is 34.3 Å². The van der Waals surface area contributed by atoms with Crippen LogP contribution in [0.25, 0.3) is 10.8 Å². The lowest BCUT2D eigenvalue weighted by Gasteiger charge is -2.15. The number of amides is 2. The Morgan fingerprint density at radius 1 is 1.06 bits per heavy atom. The standard InChI is InChI=1S/C26H29N5O4/c1-26(2,3)22-15-20(23(30-22)24(32)34-4)29-25(33)28-19-9-10-21(18-8-6-5-7-17(18)19)35-14-13-31-12-11-27-16-31/h5-12,15-16,30H,13-14H2,1-4H3,(H2,28,29,33). The van der Waals surface area contributed by atoms with E-state index in [1.54, 1.807) is 24.7 Å². The molecule has 2 aromatic heterocycles. The predicted octanol–water partition coefficient (Wildman–Crippen LogP) is 5.17. The van der Waals surface area contributed by atoms with Gasteiger partial charge in [0.1, 0.15) is 18.1 Å². The van der Waals surface area contributed by atoms with Crippen LogP contribution < -0.4 is 15.4 Å². The monoisotopic (exact) mass is 475 g/mol. The van der Waals surface area contributed by atoms with Crippen LogP contribution in [0.1, 0.15) is 37.0 Å². The number of anilines is 2. The van der Waals surface area contributed by atoms with Gasteiger partial charge in [-0.3, -0.25) is 0 Å². The molecule has 4 aromatic rings. The Balaban J connectivity index is 1.52. The van der Waals surface area contributed by atoms with Crippen molar-refractivity contribution in [3.05, 3.63) is 72.6 Å². The highest BCUT2D eigenvalue weighted by atomic mass is 16.5. The lowest BCUT2D eigenvalue weighted by atomic mass is 9.92. The van der Waals surface area contributed by atoms with Gasteiger partial charge in [0.2, 0.25) is 0 Å². The van der Waals surface area contributed by atoms with Crippen LogP contribution in [-0.2, 0) is 16.7 Å². The van der Waals surface area contributed by atoms with Crippen molar-refractivity contribution in [2.75, 3.05) is 24.4 Å². The lowest BCUT2D eigenvalue weighted by molar-refractivity contribution is 0.0595. The van der Waals surface area contributed by atoms with E-state index in [9.17, 15) is 9.59 Å². The molecule has 2 heterocycles. The van der Waals surface area contributed by atoms with Crippen molar-refractivity contribution in [1.82, 2.24) is 14.5 Å². The average molecular weight is 476 g/mol. The lowest BCUT2D eigenvalue weighted by Crippen LogP contribution is -2.21. The molecule has 4 rings (SSSR count). The molecule has 0 fully saturated rings. The minimum atomic E-state index is -0.557. The van der Waals surface area contributed by atoms with Crippen molar-refractivity contribution in [2.24, 2.45) is 0 Å². The van der Waals surface area contributed by atoms with Crippen LogP contribution >= 0.6 is 0 Å². The second kappa shape index (κ2) is 9.92. The Morgan fingerprint density at radius 2 is 1.80 bits per heavy atom. The molecule has 0 aliphatic rings. The van der Waals surface area contributed by atoms with Gasteiger partial charge in [-0.05, 0) is 18.2 Å². The fourth-order valence-electron chi connectivity index (χ4n) is 3.68. The van der Waals surface area contributed by atoms with Gasteiger partial charge in [0.05, 0.1) is 31.4 Å². The number of esters is 1. The smallest absolute Gasteiger partial charge is 0.356 e. The van der Waals surface area contributed by atoms with Crippen molar-refractivity contribution in [3.63, 3.8) is 0 Å². The Kier molecular flexibility index (Phi) is 6.77. The van der Waals surface area contributed by atoms with Crippen LogP contribution in [0.3, 0.4) is 0 Å². The van der Waals surface area contributed by atoms with Crippen LogP contribution in [0.5, 0.6) is 5.75 Å². The number of aromatic amines is 1. The van der Waals surface area contributed by atoms with E-state index in [0.29, 0.717) is 24.5 Å². The highest BCUT2D eigenvalue weighted by Crippen LogP contribution is 2.32. The maximum atomic E-state index is 12.9. The van der Waals surface area contributed by atoms with Gasteiger partial charge in [0.15, 0.2) is 0 Å². The van der Waals surface area contributed by atoms with E-state index in [4.69, 9.17) is 9.47 Å². The Morgan fingerprint density at radius 3 is 2.49 bits per heavy atom. The minimum Gasteiger partial charge on any atom is -0.491 e. The third-order valence-corrected chi connectivity index (χ3v) is 5.56. The molecule has 0 saturated carbocycles. The predicted molar refractivity (Wildman–Crippen MR) is 135 cm³/mol. The van der Waals surface area contributed by atoms with E-state index in [1.807, 2.05) is 61.9 Å². The van der Waals surface area contributed by atoms with Crippen molar-refractivity contribution < 1.29 is 19.1 Å². The molecule has 9 heteroatoms. The van der Waals surface area contributed by atoms with E-state index in [2.05, 4.69) is 20.6 Å². The van der Waals surface area contributed by atoms with Gasteiger partial charge in [-0.15, -0.1) is 0 Å². The maximum absolute atomic E-state index is 12.9. The molecular formula is C26H29N5O4. The number of imidazole rings is 1. The van der Waals surface area contributed by atoms with Gasteiger partial charge < -0.3 is 29.7 Å². The number of benzene rings is 2. The van der Waals surface area contributed by atoms with Crippen LogP contribution in [-0.4, -0.2) is 40.3 Å². The molecule has 35 heavy (non-hydrogen) atoms. The number of hydrogen-bond acceptors (Lipinski definition) is 5. The molecule has 2 aromatic carbocycles. The van der Waals surface area contributed by atoms with Gasteiger partial charge in [-0.2, -0.15) is 0 Å². The number of hydrogen-bond donors (Lipinski definition) is 3.